The molecular formula is C19H13BrN4O3. The maximum atomic E-state index is 13.0. The van der Waals surface area contributed by atoms with Crippen LogP contribution < -0.4 is 5.43 Å². The van der Waals surface area contributed by atoms with Crippen molar-refractivity contribution in [1.29, 1.82) is 0 Å². The second kappa shape index (κ2) is 6.55. The third-order valence-corrected chi connectivity index (χ3v) is 4.75. The van der Waals surface area contributed by atoms with Crippen LogP contribution in [-0.4, -0.2) is 32.7 Å². The van der Waals surface area contributed by atoms with Crippen LogP contribution in [0.4, 0.5) is 0 Å². The smallest absolute Gasteiger partial charge is 0.267 e. The number of imide groups is 1. The number of hydrogen-bond acceptors (Lipinski definition) is 5. The van der Waals surface area contributed by atoms with Crippen LogP contribution in [0.3, 0.4) is 0 Å². The lowest BCUT2D eigenvalue weighted by Gasteiger charge is -2.15. The standard InChI is InChI=1S/C19H13BrN4O3/c1-2-13-16-15(12-5-3-4-6-14(12)22-13)18(26)24(19(16)27)23-17(25)10-7-11(20)9-21-8-10/h3-9H,2H2,1H3,(H,23,25). The molecule has 3 amide bonds. The van der Waals surface area contributed by atoms with Gasteiger partial charge in [0.1, 0.15) is 0 Å². The van der Waals surface area contributed by atoms with E-state index in [0.717, 1.165) is 5.01 Å². The van der Waals surface area contributed by atoms with E-state index in [1.54, 1.807) is 24.3 Å². The van der Waals surface area contributed by atoms with Crippen LogP contribution in [0.1, 0.15) is 43.7 Å². The molecule has 0 saturated heterocycles. The Labute approximate surface area is 162 Å². The van der Waals surface area contributed by atoms with Crippen molar-refractivity contribution < 1.29 is 14.4 Å². The first kappa shape index (κ1) is 17.3. The Balaban J connectivity index is 1.77. The molecule has 1 aromatic carbocycles. The summed E-state index contributed by atoms with van der Waals surface area (Å²) in [6.45, 7) is 1.86. The van der Waals surface area contributed by atoms with E-state index in [2.05, 4.69) is 31.3 Å². The summed E-state index contributed by atoms with van der Waals surface area (Å²) in [5.41, 5.74) is 4.30. The topological polar surface area (TPSA) is 92.3 Å². The van der Waals surface area contributed by atoms with Crippen molar-refractivity contribution >= 4 is 44.6 Å². The molecule has 0 bridgehead atoms. The van der Waals surface area contributed by atoms with Gasteiger partial charge in [0, 0.05) is 22.3 Å². The monoisotopic (exact) mass is 424 g/mol. The number of carbonyl (C=O) groups is 3. The van der Waals surface area contributed by atoms with Crippen LogP contribution in [0.25, 0.3) is 10.9 Å². The molecule has 2 aromatic heterocycles. The van der Waals surface area contributed by atoms with Gasteiger partial charge in [-0.2, -0.15) is 5.01 Å². The Morgan fingerprint density at radius 2 is 1.89 bits per heavy atom. The number of benzene rings is 1. The fourth-order valence-electron chi connectivity index (χ4n) is 3.09. The van der Waals surface area contributed by atoms with Gasteiger partial charge in [0.15, 0.2) is 0 Å². The van der Waals surface area contributed by atoms with Crippen LogP contribution in [0.5, 0.6) is 0 Å². The lowest BCUT2D eigenvalue weighted by atomic mass is 10.0. The van der Waals surface area contributed by atoms with E-state index in [9.17, 15) is 14.4 Å². The maximum absolute atomic E-state index is 13.0. The highest BCUT2D eigenvalue weighted by Gasteiger charge is 2.40. The molecule has 3 aromatic rings. The first-order valence-corrected chi connectivity index (χ1v) is 9.02. The van der Waals surface area contributed by atoms with E-state index in [1.807, 2.05) is 13.0 Å². The van der Waals surface area contributed by atoms with Gasteiger partial charge >= 0.3 is 0 Å². The molecule has 1 aliphatic heterocycles. The molecule has 3 heterocycles. The minimum Gasteiger partial charge on any atom is -0.267 e. The van der Waals surface area contributed by atoms with Gasteiger partial charge < -0.3 is 0 Å². The van der Waals surface area contributed by atoms with Crippen LogP contribution in [0.2, 0.25) is 0 Å². The van der Waals surface area contributed by atoms with Gasteiger partial charge in [-0.1, -0.05) is 25.1 Å². The third kappa shape index (κ3) is 2.78. The molecule has 0 saturated carbocycles. The molecule has 0 atom stereocenters. The van der Waals surface area contributed by atoms with E-state index in [1.165, 1.54) is 12.4 Å². The van der Waals surface area contributed by atoms with E-state index in [4.69, 9.17) is 0 Å². The minimum atomic E-state index is -0.603. The molecule has 4 rings (SSSR count). The molecule has 0 radical (unpaired) electrons. The lowest BCUT2D eigenvalue weighted by Crippen LogP contribution is -2.46. The first-order chi connectivity index (χ1) is 13.0. The molecule has 0 aliphatic carbocycles. The Hall–Kier alpha value is -3.13. The number of amides is 3. The number of carbonyl (C=O) groups excluding carboxylic acids is 3. The highest BCUT2D eigenvalue weighted by Crippen LogP contribution is 2.31. The lowest BCUT2D eigenvalue weighted by molar-refractivity contribution is 0.0518. The molecule has 8 heteroatoms. The van der Waals surface area contributed by atoms with E-state index in [0.29, 0.717) is 27.5 Å². The van der Waals surface area contributed by atoms with Crippen LogP contribution >= 0.6 is 15.9 Å². The van der Waals surface area contributed by atoms with Crippen molar-refractivity contribution in [2.45, 2.75) is 13.3 Å². The summed E-state index contributed by atoms with van der Waals surface area (Å²) < 4.78 is 0.612. The van der Waals surface area contributed by atoms with Crippen LogP contribution in [0, 0.1) is 0 Å². The van der Waals surface area contributed by atoms with Crippen LogP contribution in [0.15, 0.2) is 47.2 Å². The van der Waals surface area contributed by atoms with Gasteiger partial charge in [0.25, 0.3) is 17.7 Å². The zero-order valence-electron chi connectivity index (χ0n) is 14.2. The summed E-state index contributed by atoms with van der Waals surface area (Å²) in [6, 6.07) is 8.69. The van der Waals surface area contributed by atoms with Gasteiger partial charge in [-0.05, 0) is 34.5 Å². The van der Waals surface area contributed by atoms with Crippen molar-refractivity contribution in [1.82, 2.24) is 20.4 Å². The summed E-state index contributed by atoms with van der Waals surface area (Å²) >= 11 is 3.24. The number of aromatic nitrogens is 2. The van der Waals surface area contributed by atoms with Gasteiger partial charge in [-0.25, -0.2) is 0 Å². The number of halogens is 1. The maximum Gasteiger partial charge on any atom is 0.282 e. The number of aryl methyl sites for hydroxylation is 1. The molecule has 1 N–H and O–H groups in total. The molecule has 27 heavy (non-hydrogen) atoms. The number of para-hydroxylation sites is 1. The highest BCUT2D eigenvalue weighted by atomic mass is 79.9. The largest absolute Gasteiger partial charge is 0.282 e. The molecule has 7 nitrogen and oxygen atoms in total. The number of fused-ring (bicyclic) bond motifs is 3. The second-order valence-corrected chi connectivity index (χ2v) is 6.87. The van der Waals surface area contributed by atoms with Gasteiger partial charge in [-0.15, -0.1) is 0 Å². The SMILES string of the molecule is CCc1nc2ccccc2c2c1C(=O)N(NC(=O)c1cncc(Br)c1)C2=O. The highest BCUT2D eigenvalue weighted by molar-refractivity contribution is 9.10. The second-order valence-electron chi connectivity index (χ2n) is 5.96. The van der Waals surface area contributed by atoms with Crippen molar-refractivity contribution in [3.63, 3.8) is 0 Å². The summed E-state index contributed by atoms with van der Waals surface area (Å²) in [7, 11) is 0. The van der Waals surface area contributed by atoms with Gasteiger partial charge in [0.05, 0.1) is 27.9 Å². The van der Waals surface area contributed by atoms with E-state index >= 15 is 0 Å². The minimum absolute atomic E-state index is 0.222. The molecule has 134 valence electrons. The average molecular weight is 425 g/mol. The van der Waals surface area contributed by atoms with Crippen molar-refractivity contribution in [3.05, 3.63) is 69.6 Å². The molecule has 0 fully saturated rings. The summed E-state index contributed by atoms with van der Waals surface area (Å²) in [4.78, 5) is 46.8. The van der Waals surface area contributed by atoms with Gasteiger partial charge in [-0.3, -0.25) is 29.8 Å². The molecule has 0 unspecified atom stereocenters. The number of hydrazine groups is 1. The quantitative estimate of drug-likeness (QED) is 0.652. The number of pyridine rings is 2. The summed E-state index contributed by atoms with van der Waals surface area (Å²) in [5, 5.41) is 1.34. The van der Waals surface area contributed by atoms with E-state index < -0.39 is 17.7 Å². The van der Waals surface area contributed by atoms with Crippen molar-refractivity contribution in [2.75, 3.05) is 0 Å². The fourth-order valence-corrected chi connectivity index (χ4v) is 3.46. The Bertz CT molecular complexity index is 1130. The number of nitrogens with zero attached hydrogens (tertiary/aromatic N) is 3. The predicted molar refractivity (Wildman–Crippen MR) is 101 cm³/mol. The zero-order chi connectivity index (χ0) is 19.1. The van der Waals surface area contributed by atoms with Gasteiger partial charge in [0.2, 0.25) is 0 Å². The normalized spacial score (nSPS) is 13.2. The Kier molecular flexibility index (Phi) is 4.19. The first-order valence-electron chi connectivity index (χ1n) is 8.23. The zero-order valence-corrected chi connectivity index (χ0v) is 15.8. The number of rotatable bonds is 3. The number of hydrogen-bond donors (Lipinski definition) is 1. The van der Waals surface area contributed by atoms with E-state index in [-0.39, 0.29) is 16.7 Å². The predicted octanol–water partition coefficient (Wildman–Crippen LogP) is 2.90. The summed E-state index contributed by atoms with van der Waals surface area (Å²) in [5.74, 6) is -1.75. The Morgan fingerprint density at radius 1 is 1.15 bits per heavy atom. The van der Waals surface area contributed by atoms with Crippen molar-refractivity contribution in [2.24, 2.45) is 0 Å². The number of nitrogens with one attached hydrogen (secondary N) is 1. The molecule has 0 spiro atoms. The fraction of sp³-hybridized carbons (Fsp3) is 0.105. The molecule has 1 aliphatic rings. The summed E-state index contributed by atoms with van der Waals surface area (Å²) in [6.07, 6.45) is 3.38. The molecular weight excluding hydrogens is 412 g/mol. The third-order valence-electron chi connectivity index (χ3n) is 4.32. The van der Waals surface area contributed by atoms with Crippen LogP contribution in [-0.2, 0) is 6.42 Å². The Morgan fingerprint density at radius 3 is 2.63 bits per heavy atom. The van der Waals surface area contributed by atoms with Crippen molar-refractivity contribution in [3.8, 4) is 0 Å². The average Bonchev–Trinajstić information content (AvgIpc) is 2.93.